The summed E-state index contributed by atoms with van der Waals surface area (Å²) in [6, 6.07) is 11.9. The van der Waals surface area contributed by atoms with Gasteiger partial charge in [-0.3, -0.25) is 0 Å². The van der Waals surface area contributed by atoms with Crippen molar-refractivity contribution in [2.45, 2.75) is 44.7 Å². The maximum Gasteiger partial charge on any atom is 0.0640 e. The highest BCUT2D eigenvalue weighted by Gasteiger charge is 2.30. The molecule has 0 aliphatic heterocycles. The van der Waals surface area contributed by atoms with Crippen molar-refractivity contribution in [1.82, 2.24) is 5.32 Å². The number of nitrogens with zero attached hydrogens (tertiary/aromatic N) is 2. The summed E-state index contributed by atoms with van der Waals surface area (Å²) < 4.78 is 0. The van der Waals surface area contributed by atoms with Gasteiger partial charge >= 0.3 is 0 Å². The molecule has 0 heterocycles. The molecule has 1 aliphatic carbocycles. The van der Waals surface area contributed by atoms with Crippen molar-refractivity contribution in [3.63, 3.8) is 0 Å². The minimum Gasteiger partial charge on any atom is -0.367 e. The topological polar surface area (TPSA) is 39.1 Å². The highest BCUT2D eigenvalue weighted by Crippen LogP contribution is 2.36. The van der Waals surface area contributed by atoms with Gasteiger partial charge in [-0.1, -0.05) is 25.1 Å². The number of rotatable bonds is 7. The van der Waals surface area contributed by atoms with Gasteiger partial charge in [0.1, 0.15) is 0 Å². The molecule has 0 aromatic heterocycles. The third-order valence-electron chi connectivity index (χ3n) is 3.83. The molecule has 2 rings (SSSR count). The van der Waals surface area contributed by atoms with Crippen molar-refractivity contribution in [3.05, 3.63) is 29.8 Å². The fourth-order valence-corrected chi connectivity index (χ4v) is 2.68. The summed E-state index contributed by atoms with van der Waals surface area (Å²) in [6.07, 6.45) is 4.19. The summed E-state index contributed by atoms with van der Waals surface area (Å²) in [5.41, 5.74) is 2.67. The first kappa shape index (κ1) is 13.9. The summed E-state index contributed by atoms with van der Waals surface area (Å²) in [7, 11) is 2.02. The van der Waals surface area contributed by atoms with Crippen LogP contribution in [0.15, 0.2) is 24.3 Å². The molecule has 3 heteroatoms. The maximum absolute atomic E-state index is 8.85. The predicted octanol–water partition coefficient (Wildman–Crippen LogP) is 3.24. The van der Waals surface area contributed by atoms with Crippen LogP contribution in [0.3, 0.4) is 0 Å². The Morgan fingerprint density at radius 3 is 2.74 bits per heavy atom. The van der Waals surface area contributed by atoms with E-state index < -0.39 is 0 Å². The first-order valence-electron chi connectivity index (χ1n) is 7.21. The molecule has 1 atom stereocenters. The Morgan fingerprint density at radius 2 is 2.16 bits per heavy atom. The lowest BCUT2D eigenvalue weighted by Crippen LogP contribution is -2.29. The molecular weight excluding hydrogens is 234 g/mol. The van der Waals surface area contributed by atoms with Crippen LogP contribution in [0.4, 0.5) is 5.69 Å². The molecular formula is C16H23N3. The van der Waals surface area contributed by atoms with Gasteiger partial charge in [0.2, 0.25) is 0 Å². The van der Waals surface area contributed by atoms with E-state index >= 15 is 0 Å². The van der Waals surface area contributed by atoms with Gasteiger partial charge in [0, 0.05) is 24.3 Å². The standard InChI is InChI=1S/C16H23N3/c1-3-15(18-2)14-7-4-5-8-16(14)19(12-6-11-17)13-9-10-13/h4-5,7-8,13,15,18H,3,6,9-10,12H2,1-2H3. The second-order valence-corrected chi connectivity index (χ2v) is 5.14. The first-order chi connectivity index (χ1) is 9.31. The Morgan fingerprint density at radius 1 is 1.42 bits per heavy atom. The minimum atomic E-state index is 0.388. The average molecular weight is 257 g/mol. The molecule has 1 fully saturated rings. The molecule has 1 aromatic rings. The normalized spacial score (nSPS) is 15.8. The Balaban J connectivity index is 2.28. The summed E-state index contributed by atoms with van der Waals surface area (Å²) in [5, 5.41) is 12.2. The SMILES string of the molecule is CCC(NC)c1ccccc1N(CCC#N)C1CC1. The highest BCUT2D eigenvalue weighted by atomic mass is 15.2. The molecule has 1 aliphatic rings. The van der Waals surface area contributed by atoms with Crippen molar-refractivity contribution in [2.75, 3.05) is 18.5 Å². The van der Waals surface area contributed by atoms with Crippen molar-refractivity contribution in [2.24, 2.45) is 0 Å². The van der Waals surface area contributed by atoms with Crippen LogP contribution in [0.1, 0.15) is 44.2 Å². The molecule has 1 unspecified atom stereocenters. The smallest absolute Gasteiger partial charge is 0.0640 e. The molecule has 1 aromatic carbocycles. The highest BCUT2D eigenvalue weighted by molar-refractivity contribution is 5.56. The van der Waals surface area contributed by atoms with E-state index in [-0.39, 0.29) is 0 Å². The van der Waals surface area contributed by atoms with E-state index in [1.54, 1.807) is 0 Å². The van der Waals surface area contributed by atoms with Gasteiger partial charge in [-0.25, -0.2) is 0 Å². The van der Waals surface area contributed by atoms with E-state index in [0.717, 1.165) is 13.0 Å². The monoisotopic (exact) mass is 257 g/mol. The Hall–Kier alpha value is -1.53. The van der Waals surface area contributed by atoms with E-state index in [0.29, 0.717) is 18.5 Å². The van der Waals surface area contributed by atoms with Crippen LogP contribution in [0, 0.1) is 11.3 Å². The van der Waals surface area contributed by atoms with Gasteiger partial charge in [0.15, 0.2) is 0 Å². The molecule has 0 spiro atoms. The molecule has 0 saturated heterocycles. The van der Waals surface area contributed by atoms with Gasteiger partial charge < -0.3 is 10.2 Å². The van der Waals surface area contributed by atoms with Gasteiger partial charge in [-0.05, 0) is 37.9 Å². The quantitative estimate of drug-likeness (QED) is 0.815. The Kier molecular flexibility index (Phi) is 4.81. The average Bonchev–Trinajstić information content (AvgIpc) is 3.27. The van der Waals surface area contributed by atoms with Crippen molar-refractivity contribution >= 4 is 5.69 Å². The van der Waals surface area contributed by atoms with Gasteiger partial charge in [0.25, 0.3) is 0 Å². The van der Waals surface area contributed by atoms with Crippen molar-refractivity contribution in [3.8, 4) is 6.07 Å². The molecule has 0 radical (unpaired) electrons. The largest absolute Gasteiger partial charge is 0.367 e. The molecule has 0 amide bonds. The van der Waals surface area contributed by atoms with E-state index in [1.165, 1.54) is 24.1 Å². The lowest BCUT2D eigenvalue weighted by Gasteiger charge is -2.29. The van der Waals surface area contributed by atoms with Crippen LogP contribution in [-0.4, -0.2) is 19.6 Å². The number of nitriles is 1. The van der Waals surface area contributed by atoms with Crippen molar-refractivity contribution < 1.29 is 0 Å². The second-order valence-electron chi connectivity index (χ2n) is 5.14. The van der Waals surface area contributed by atoms with Crippen LogP contribution in [0.2, 0.25) is 0 Å². The van der Waals surface area contributed by atoms with Crippen LogP contribution in [0.5, 0.6) is 0 Å². The third kappa shape index (κ3) is 3.27. The molecule has 1 saturated carbocycles. The van der Waals surface area contributed by atoms with Crippen LogP contribution >= 0.6 is 0 Å². The van der Waals surface area contributed by atoms with Gasteiger partial charge in [0.05, 0.1) is 12.5 Å². The maximum atomic E-state index is 8.85. The van der Waals surface area contributed by atoms with E-state index in [1.807, 2.05) is 7.05 Å². The number of nitrogens with one attached hydrogen (secondary N) is 1. The lowest BCUT2D eigenvalue weighted by atomic mass is 10.0. The second kappa shape index (κ2) is 6.58. The summed E-state index contributed by atoms with van der Waals surface area (Å²) in [4.78, 5) is 2.43. The molecule has 0 bridgehead atoms. The number of anilines is 1. The fraction of sp³-hybridized carbons (Fsp3) is 0.562. The van der Waals surface area contributed by atoms with Gasteiger partial charge in [-0.15, -0.1) is 0 Å². The van der Waals surface area contributed by atoms with Crippen LogP contribution in [-0.2, 0) is 0 Å². The summed E-state index contributed by atoms with van der Waals surface area (Å²) >= 11 is 0. The predicted molar refractivity (Wildman–Crippen MR) is 79.1 cm³/mol. The van der Waals surface area contributed by atoms with Gasteiger partial charge in [-0.2, -0.15) is 5.26 Å². The summed E-state index contributed by atoms with van der Waals surface area (Å²) in [5.74, 6) is 0. The van der Waals surface area contributed by atoms with Crippen molar-refractivity contribution in [1.29, 1.82) is 5.26 Å². The van der Waals surface area contributed by atoms with Crippen LogP contribution in [0.25, 0.3) is 0 Å². The molecule has 19 heavy (non-hydrogen) atoms. The summed E-state index contributed by atoms with van der Waals surface area (Å²) in [6.45, 7) is 3.05. The Bertz CT molecular complexity index is 442. The molecule has 3 nitrogen and oxygen atoms in total. The first-order valence-corrected chi connectivity index (χ1v) is 7.21. The zero-order valence-electron chi connectivity index (χ0n) is 11.9. The number of hydrogen-bond donors (Lipinski definition) is 1. The number of benzene rings is 1. The Labute approximate surface area is 116 Å². The minimum absolute atomic E-state index is 0.388. The molecule has 102 valence electrons. The van der Waals surface area contributed by atoms with E-state index in [4.69, 9.17) is 5.26 Å². The van der Waals surface area contributed by atoms with Crippen LogP contribution < -0.4 is 10.2 Å². The number of para-hydroxylation sites is 1. The fourth-order valence-electron chi connectivity index (χ4n) is 2.68. The van der Waals surface area contributed by atoms with E-state index in [9.17, 15) is 0 Å². The zero-order valence-corrected chi connectivity index (χ0v) is 11.9. The third-order valence-corrected chi connectivity index (χ3v) is 3.83. The molecule has 1 N–H and O–H groups in total. The van der Waals surface area contributed by atoms with E-state index in [2.05, 4.69) is 47.5 Å². The zero-order chi connectivity index (χ0) is 13.7. The number of hydrogen-bond acceptors (Lipinski definition) is 3. The lowest BCUT2D eigenvalue weighted by molar-refractivity contribution is 0.574.